The average molecular weight is 411 g/mol. The second-order valence-corrected chi connectivity index (χ2v) is 8.32. The molecular formula is C22H23FN4OS. The highest BCUT2D eigenvalue weighted by Gasteiger charge is 2.23. The number of piperidine rings is 1. The van der Waals surface area contributed by atoms with Crippen LogP contribution in [0.3, 0.4) is 0 Å². The quantitative estimate of drug-likeness (QED) is 0.690. The first-order chi connectivity index (χ1) is 14.1. The lowest BCUT2D eigenvalue weighted by Crippen LogP contribution is -2.44. The first-order valence-corrected chi connectivity index (χ1v) is 10.6. The van der Waals surface area contributed by atoms with Gasteiger partial charge in [-0.2, -0.15) is 0 Å². The fourth-order valence-corrected chi connectivity index (χ4v) is 4.53. The molecule has 0 spiro atoms. The Kier molecular flexibility index (Phi) is 5.97. The van der Waals surface area contributed by atoms with E-state index in [1.807, 2.05) is 19.2 Å². The molecule has 0 bridgehead atoms. The van der Waals surface area contributed by atoms with Gasteiger partial charge in [0.15, 0.2) is 0 Å². The molecule has 1 N–H and O–H groups in total. The summed E-state index contributed by atoms with van der Waals surface area (Å²) >= 11 is 1.35. The van der Waals surface area contributed by atoms with Crippen molar-refractivity contribution >= 4 is 17.2 Å². The maximum atomic E-state index is 13.1. The standard InChI is InChI=1S/C22H23FN4OS/c1-15-20(29-22(25-15)17-4-6-18(23)7-5-17)21(28)26-19-8-11-27(12-9-19)14-16-3-2-10-24-13-16/h2-7,10,13,19H,8-9,11-12,14H2,1H3,(H,26,28). The molecule has 0 atom stereocenters. The van der Waals surface area contributed by atoms with Crippen LogP contribution in [0.4, 0.5) is 4.39 Å². The van der Waals surface area contributed by atoms with Crippen LogP contribution in [0.1, 0.15) is 33.8 Å². The van der Waals surface area contributed by atoms with Crippen LogP contribution in [0.25, 0.3) is 10.6 Å². The molecule has 3 heterocycles. The maximum absolute atomic E-state index is 13.1. The van der Waals surface area contributed by atoms with Crippen LogP contribution < -0.4 is 5.32 Å². The SMILES string of the molecule is Cc1nc(-c2ccc(F)cc2)sc1C(=O)NC1CCN(Cc2cccnc2)CC1. The predicted octanol–water partition coefficient (Wildman–Crippen LogP) is 4.05. The van der Waals surface area contributed by atoms with Crippen molar-refractivity contribution < 1.29 is 9.18 Å². The van der Waals surface area contributed by atoms with Crippen LogP contribution >= 0.6 is 11.3 Å². The molecule has 0 aliphatic carbocycles. The minimum atomic E-state index is -0.283. The summed E-state index contributed by atoms with van der Waals surface area (Å²) in [5.74, 6) is -0.353. The van der Waals surface area contributed by atoms with Crippen LogP contribution in [-0.4, -0.2) is 39.9 Å². The lowest BCUT2D eigenvalue weighted by Gasteiger charge is -2.32. The number of aromatic nitrogens is 2. The highest BCUT2D eigenvalue weighted by Crippen LogP contribution is 2.28. The predicted molar refractivity (Wildman–Crippen MR) is 112 cm³/mol. The van der Waals surface area contributed by atoms with Crippen molar-refractivity contribution in [2.45, 2.75) is 32.4 Å². The third-order valence-electron chi connectivity index (χ3n) is 5.15. The number of amides is 1. The Morgan fingerprint density at radius 2 is 2.00 bits per heavy atom. The van der Waals surface area contributed by atoms with Crippen molar-refractivity contribution in [3.8, 4) is 10.6 Å². The molecule has 29 heavy (non-hydrogen) atoms. The van der Waals surface area contributed by atoms with E-state index in [-0.39, 0.29) is 17.8 Å². The van der Waals surface area contributed by atoms with Gasteiger partial charge in [0.05, 0.1) is 5.69 Å². The monoisotopic (exact) mass is 410 g/mol. The van der Waals surface area contributed by atoms with Gasteiger partial charge in [0.25, 0.3) is 5.91 Å². The number of carbonyl (C=O) groups excluding carboxylic acids is 1. The maximum Gasteiger partial charge on any atom is 0.263 e. The Morgan fingerprint density at radius 3 is 2.69 bits per heavy atom. The molecule has 2 aromatic heterocycles. The number of halogens is 1. The summed E-state index contributed by atoms with van der Waals surface area (Å²) in [6.45, 7) is 4.63. The first-order valence-electron chi connectivity index (χ1n) is 9.74. The molecule has 0 unspecified atom stereocenters. The van der Waals surface area contributed by atoms with Crippen LogP contribution in [-0.2, 0) is 6.54 Å². The van der Waals surface area contributed by atoms with Gasteiger partial charge in [0.1, 0.15) is 15.7 Å². The second kappa shape index (κ2) is 8.80. The average Bonchev–Trinajstić information content (AvgIpc) is 3.12. The van der Waals surface area contributed by atoms with Gasteiger partial charge in [-0.15, -0.1) is 11.3 Å². The Labute approximate surface area is 173 Å². The van der Waals surface area contributed by atoms with Gasteiger partial charge in [-0.1, -0.05) is 6.07 Å². The molecular weight excluding hydrogens is 387 g/mol. The van der Waals surface area contributed by atoms with Crippen molar-refractivity contribution in [1.29, 1.82) is 0 Å². The number of likely N-dealkylation sites (tertiary alicyclic amines) is 1. The molecule has 5 nitrogen and oxygen atoms in total. The fourth-order valence-electron chi connectivity index (χ4n) is 3.56. The van der Waals surface area contributed by atoms with E-state index in [4.69, 9.17) is 0 Å². The van der Waals surface area contributed by atoms with Crippen LogP contribution in [0.2, 0.25) is 0 Å². The van der Waals surface area contributed by atoms with Gasteiger partial charge in [0.2, 0.25) is 0 Å². The van der Waals surface area contributed by atoms with E-state index in [2.05, 4.69) is 26.3 Å². The number of carbonyl (C=O) groups is 1. The molecule has 1 amide bonds. The van der Waals surface area contributed by atoms with Crippen molar-refractivity contribution in [2.75, 3.05) is 13.1 Å². The third kappa shape index (κ3) is 4.86. The normalized spacial score (nSPS) is 15.4. The van der Waals surface area contributed by atoms with E-state index in [1.165, 1.54) is 29.0 Å². The lowest BCUT2D eigenvalue weighted by atomic mass is 10.0. The van der Waals surface area contributed by atoms with E-state index in [0.29, 0.717) is 10.6 Å². The number of aryl methyl sites for hydroxylation is 1. The fraction of sp³-hybridized carbons (Fsp3) is 0.318. The molecule has 1 aliphatic rings. The molecule has 1 saturated heterocycles. The Morgan fingerprint density at radius 1 is 1.24 bits per heavy atom. The first kappa shape index (κ1) is 19.7. The summed E-state index contributed by atoms with van der Waals surface area (Å²) in [5, 5.41) is 3.90. The largest absolute Gasteiger partial charge is 0.348 e. The van der Waals surface area contributed by atoms with E-state index in [9.17, 15) is 9.18 Å². The van der Waals surface area contributed by atoms with Gasteiger partial charge in [0, 0.05) is 43.6 Å². The highest BCUT2D eigenvalue weighted by molar-refractivity contribution is 7.17. The van der Waals surface area contributed by atoms with E-state index in [1.54, 1.807) is 18.3 Å². The topological polar surface area (TPSA) is 58.1 Å². The minimum Gasteiger partial charge on any atom is -0.348 e. The lowest BCUT2D eigenvalue weighted by molar-refractivity contribution is 0.0912. The van der Waals surface area contributed by atoms with Crippen LogP contribution in [0.5, 0.6) is 0 Å². The molecule has 1 fully saturated rings. The summed E-state index contributed by atoms with van der Waals surface area (Å²) in [7, 11) is 0. The summed E-state index contributed by atoms with van der Waals surface area (Å²) in [6, 6.07) is 10.4. The van der Waals surface area contributed by atoms with Crippen LogP contribution in [0, 0.1) is 12.7 Å². The van der Waals surface area contributed by atoms with Crippen molar-refractivity contribution in [3.05, 3.63) is 70.7 Å². The minimum absolute atomic E-state index is 0.0703. The number of nitrogens with zero attached hydrogens (tertiary/aromatic N) is 3. The number of benzene rings is 1. The van der Waals surface area contributed by atoms with Crippen molar-refractivity contribution in [2.24, 2.45) is 0 Å². The molecule has 4 rings (SSSR count). The third-order valence-corrected chi connectivity index (χ3v) is 6.35. The van der Waals surface area contributed by atoms with E-state index in [0.717, 1.165) is 43.0 Å². The molecule has 7 heteroatoms. The summed E-state index contributed by atoms with van der Waals surface area (Å²) < 4.78 is 13.1. The smallest absolute Gasteiger partial charge is 0.263 e. The second-order valence-electron chi connectivity index (χ2n) is 7.33. The zero-order valence-corrected chi connectivity index (χ0v) is 17.1. The van der Waals surface area contributed by atoms with Gasteiger partial charge in [-0.3, -0.25) is 14.7 Å². The molecule has 150 valence electrons. The number of hydrogen-bond acceptors (Lipinski definition) is 5. The Bertz CT molecular complexity index is 966. The molecule has 3 aromatic rings. The van der Waals surface area contributed by atoms with Crippen molar-refractivity contribution in [3.63, 3.8) is 0 Å². The van der Waals surface area contributed by atoms with E-state index < -0.39 is 0 Å². The van der Waals surface area contributed by atoms with Crippen molar-refractivity contribution in [1.82, 2.24) is 20.2 Å². The number of nitrogens with one attached hydrogen (secondary N) is 1. The van der Waals surface area contributed by atoms with Gasteiger partial charge >= 0.3 is 0 Å². The zero-order chi connectivity index (χ0) is 20.2. The molecule has 0 radical (unpaired) electrons. The Hall–Kier alpha value is -2.64. The molecule has 1 aliphatic heterocycles. The summed E-state index contributed by atoms with van der Waals surface area (Å²) in [4.78, 5) is 24.5. The van der Waals surface area contributed by atoms with Crippen LogP contribution in [0.15, 0.2) is 48.8 Å². The number of pyridine rings is 1. The zero-order valence-electron chi connectivity index (χ0n) is 16.3. The highest BCUT2D eigenvalue weighted by atomic mass is 32.1. The number of thiazole rings is 1. The summed E-state index contributed by atoms with van der Waals surface area (Å²) in [5.41, 5.74) is 2.74. The Balaban J connectivity index is 1.34. The van der Waals surface area contributed by atoms with Gasteiger partial charge < -0.3 is 5.32 Å². The molecule has 1 aromatic carbocycles. The summed E-state index contributed by atoms with van der Waals surface area (Å²) in [6.07, 6.45) is 5.54. The number of rotatable bonds is 5. The number of hydrogen-bond donors (Lipinski definition) is 1. The van der Waals surface area contributed by atoms with Gasteiger partial charge in [-0.05, 0) is 55.7 Å². The van der Waals surface area contributed by atoms with E-state index >= 15 is 0 Å². The van der Waals surface area contributed by atoms with Gasteiger partial charge in [-0.25, -0.2) is 9.37 Å². The molecule has 0 saturated carbocycles.